The monoisotopic (exact) mass is 367 g/mol. The maximum absolute atomic E-state index is 12.6. The number of ether oxygens (including phenoxy) is 2. The molecule has 0 bridgehead atoms. The predicted molar refractivity (Wildman–Crippen MR) is 105 cm³/mol. The predicted octanol–water partition coefficient (Wildman–Crippen LogP) is 3.34. The standard InChI is InChI=1S/C21H25N3O3/c1-14-10-19(26-4)20(27-5)11-17(14)13-24(3)15(2)21(25)23-18-9-7-6-8-16(18)12-22/h6-11,15H,13H2,1-5H3,(H,23,25)/t15-/m1/s1. The van der Waals surface area contributed by atoms with Crippen LogP contribution in [-0.4, -0.2) is 38.1 Å². The van der Waals surface area contributed by atoms with E-state index < -0.39 is 0 Å². The third kappa shape index (κ3) is 4.78. The number of benzene rings is 2. The molecule has 2 rings (SSSR count). The number of nitrogens with one attached hydrogen (secondary N) is 1. The average Bonchev–Trinajstić information content (AvgIpc) is 2.68. The first-order valence-corrected chi connectivity index (χ1v) is 8.63. The average molecular weight is 367 g/mol. The van der Waals surface area contributed by atoms with Gasteiger partial charge >= 0.3 is 0 Å². The molecule has 6 heteroatoms. The van der Waals surface area contributed by atoms with Gasteiger partial charge in [0.25, 0.3) is 0 Å². The van der Waals surface area contributed by atoms with Crippen LogP contribution in [0.4, 0.5) is 5.69 Å². The van der Waals surface area contributed by atoms with E-state index in [1.807, 2.05) is 37.9 Å². The first-order valence-electron chi connectivity index (χ1n) is 8.63. The summed E-state index contributed by atoms with van der Waals surface area (Å²) in [6, 6.07) is 12.5. The second kappa shape index (κ2) is 9.06. The largest absolute Gasteiger partial charge is 0.493 e. The van der Waals surface area contributed by atoms with Crippen molar-refractivity contribution in [2.45, 2.75) is 26.4 Å². The number of carbonyl (C=O) groups is 1. The van der Waals surface area contributed by atoms with Gasteiger partial charge in [0.2, 0.25) is 5.91 Å². The Hall–Kier alpha value is -3.04. The summed E-state index contributed by atoms with van der Waals surface area (Å²) in [5, 5.41) is 12.0. The molecule has 0 unspecified atom stereocenters. The Morgan fingerprint density at radius 1 is 1.22 bits per heavy atom. The number of rotatable bonds is 7. The van der Waals surface area contributed by atoms with Crippen LogP contribution in [0.1, 0.15) is 23.6 Å². The summed E-state index contributed by atoms with van der Waals surface area (Å²) in [4.78, 5) is 14.6. The van der Waals surface area contributed by atoms with Gasteiger partial charge in [0, 0.05) is 6.54 Å². The van der Waals surface area contributed by atoms with E-state index in [0.717, 1.165) is 11.1 Å². The molecule has 0 saturated carbocycles. The minimum atomic E-state index is -0.385. The van der Waals surface area contributed by atoms with Crippen molar-refractivity contribution in [3.05, 3.63) is 53.1 Å². The summed E-state index contributed by atoms with van der Waals surface area (Å²) < 4.78 is 10.7. The Bertz CT molecular complexity index is 858. The van der Waals surface area contributed by atoms with Crippen molar-refractivity contribution in [2.24, 2.45) is 0 Å². The zero-order valence-corrected chi connectivity index (χ0v) is 16.4. The number of anilines is 1. The topological polar surface area (TPSA) is 74.6 Å². The summed E-state index contributed by atoms with van der Waals surface area (Å²) in [6.45, 7) is 4.40. The van der Waals surface area contributed by atoms with Crippen LogP contribution >= 0.6 is 0 Å². The van der Waals surface area contributed by atoms with Crippen LogP contribution in [0, 0.1) is 18.3 Å². The van der Waals surface area contributed by atoms with Gasteiger partial charge in [0.05, 0.1) is 31.5 Å². The Morgan fingerprint density at radius 3 is 2.48 bits per heavy atom. The molecule has 6 nitrogen and oxygen atoms in total. The molecule has 2 aromatic carbocycles. The molecule has 1 amide bonds. The Balaban J connectivity index is 2.12. The van der Waals surface area contributed by atoms with Crippen molar-refractivity contribution in [3.63, 3.8) is 0 Å². The van der Waals surface area contributed by atoms with E-state index in [-0.39, 0.29) is 11.9 Å². The molecule has 0 aliphatic heterocycles. The van der Waals surface area contributed by atoms with Gasteiger partial charge in [0.15, 0.2) is 11.5 Å². The van der Waals surface area contributed by atoms with Gasteiger partial charge in [-0.3, -0.25) is 9.69 Å². The van der Waals surface area contributed by atoms with Gasteiger partial charge in [0.1, 0.15) is 6.07 Å². The first-order chi connectivity index (χ1) is 12.9. The van der Waals surface area contributed by atoms with Crippen molar-refractivity contribution in [2.75, 3.05) is 26.6 Å². The quantitative estimate of drug-likeness (QED) is 0.812. The van der Waals surface area contributed by atoms with Crippen LogP contribution in [0.25, 0.3) is 0 Å². The summed E-state index contributed by atoms with van der Waals surface area (Å²) in [5.41, 5.74) is 3.07. The lowest BCUT2D eigenvalue weighted by atomic mass is 10.1. The molecule has 2 aromatic rings. The van der Waals surface area contributed by atoms with Gasteiger partial charge in [-0.05, 0) is 56.3 Å². The number of likely N-dealkylation sites (N-methyl/N-ethyl adjacent to an activating group) is 1. The highest BCUT2D eigenvalue weighted by atomic mass is 16.5. The van der Waals surface area contributed by atoms with Crippen molar-refractivity contribution in [1.82, 2.24) is 4.90 Å². The van der Waals surface area contributed by atoms with E-state index in [1.165, 1.54) is 0 Å². The molecule has 0 aromatic heterocycles. The highest BCUT2D eigenvalue weighted by molar-refractivity contribution is 5.95. The minimum absolute atomic E-state index is 0.168. The number of para-hydroxylation sites is 1. The summed E-state index contributed by atoms with van der Waals surface area (Å²) >= 11 is 0. The summed E-state index contributed by atoms with van der Waals surface area (Å²) in [7, 11) is 5.09. The molecule has 0 aliphatic carbocycles. The molecule has 1 N–H and O–H groups in total. The molecule has 1 atom stereocenters. The van der Waals surface area contributed by atoms with E-state index in [0.29, 0.717) is 29.3 Å². The minimum Gasteiger partial charge on any atom is -0.493 e. The number of hydrogen-bond donors (Lipinski definition) is 1. The number of amides is 1. The second-order valence-electron chi connectivity index (χ2n) is 6.37. The maximum atomic E-state index is 12.6. The summed E-state index contributed by atoms with van der Waals surface area (Å²) in [6.07, 6.45) is 0. The number of nitrogens with zero attached hydrogens (tertiary/aromatic N) is 2. The highest BCUT2D eigenvalue weighted by Gasteiger charge is 2.20. The highest BCUT2D eigenvalue weighted by Crippen LogP contribution is 2.31. The Labute approximate surface area is 160 Å². The zero-order chi connectivity index (χ0) is 20.0. The van der Waals surface area contributed by atoms with Crippen molar-refractivity contribution < 1.29 is 14.3 Å². The molecule has 0 radical (unpaired) electrons. The normalized spacial score (nSPS) is 11.6. The molecule has 0 saturated heterocycles. The van der Waals surface area contributed by atoms with E-state index in [4.69, 9.17) is 14.7 Å². The fourth-order valence-electron chi connectivity index (χ4n) is 2.73. The van der Waals surface area contributed by atoms with Crippen molar-refractivity contribution in [1.29, 1.82) is 5.26 Å². The fourth-order valence-corrected chi connectivity index (χ4v) is 2.73. The molecule has 142 valence electrons. The van der Waals surface area contributed by atoms with Crippen LogP contribution in [-0.2, 0) is 11.3 Å². The van der Waals surface area contributed by atoms with Gasteiger partial charge in [-0.2, -0.15) is 5.26 Å². The maximum Gasteiger partial charge on any atom is 0.241 e. The molecule has 0 heterocycles. The van der Waals surface area contributed by atoms with E-state index >= 15 is 0 Å². The van der Waals surface area contributed by atoms with Crippen molar-refractivity contribution >= 4 is 11.6 Å². The van der Waals surface area contributed by atoms with Gasteiger partial charge < -0.3 is 14.8 Å². The van der Waals surface area contributed by atoms with Crippen LogP contribution in [0.15, 0.2) is 36.4 Å². The summed E-state index contributed by atoms with van der Waals surface area (Å²) in [5.74, 6) is 1.17. The third-order valence-corrected chi connectivity index (χ3v) is 4.61. The molecule has 27 heavy (non-hydrogen) atoms. The zero-order valence-electron chi connectivity index (χ0n) is 16.4. The van der Waals surface area contributed by atoms with Crippen LogP contribution < -0.4 is 14.8 Å². The number of methoxy groups -OCH3 is 2. The van der Waals surface area contributed by atoms with Gasteiger partial charge in [-0.25, -0.2) is 0 Å². The molecule has 0 aliphatic rings. The molecule has 0 fully saturated rings. The molecular formula is C21H25N3O3. The van der Waals surface area contributed by atoms with E-state index in [1.54, 1.807) is 38.5 Å². The lowest BCUT2D eigenvalue weighted by Crippen LogP contribution is -2.39. The number of carbonyl (C=O) groups excluding carboxylic acids is 1. The second-order valence-corrected chi connectivity index (χ2v) is 6.37. The number of nitriles is 1. The van der Waals surface area contributed by atoms with E-state index in [2.05, 4.69) is 11.4 Å². The number of hydrogen-bond acceptors (Lipinski definition) is 5. The van der Waals surface area contributed by atoms with Crippen LogP contribution in [0.3, 0.4) is 0 Å². The van der Waals surface area contributed by atoms with E-state index in [9.17, 15) is 4.79 Å². The SMILES string of the molecule is COc1cc(C)c(CN(C)[C@H](C)C(=O)Nc2ccccc2C#N)cc1OC. The van der Waals surface area contributed by atoms with Gasteiger partial charge in [-0.1, -0.05) is 12.1 Å². The van der Waals surface area contributed by atoms with Crippen molar-refractivity contribution in [3.8, 4) is 17.6 Å². The Morgan fingerprint density at radius 2 is 1.85 bits per heavy atom. The fraction of sp³-hybridized carbons (Fsp3) is 0.333. The molecule has 0 spiro atoms. The number of aryl methyl sites for hydroxylation is 1. The third-order valence-electron chi connectivity index (χ3n) is 4.61. The van der Waals surface area contributed by atoms with Crippen LogP contribution in [0.2, 0.25) is 0 Å². The van der Waals surface area contributed by atoms with Crippen LogP contribution in [0.5, 0.6) is 11.5 Å². The smallest absolute Gasteiger partial charge is 0.241 e. The lowest BCUT2D eigenvalue weighted by Gasteiger charge is -2.25. The molecular weight excluding hydrogens is 342 g/mol. The lowest BCUT2D eigenvalue weighted by molar-refractivity contribution is -0.120. The first kappa shape index (κ1) is 20.3. The van der Waals surface area contributed by atoms with Gasteiger partial charge in [-0.15, -0.1) is 0 Å². The Kier molecular flexibility index (Phi) is 6.80.